The summed E-state index contributed by atoms with van der Waals surface area (Å²) in [5.41, 5.74) is 2.74. The van der Waals surface area contributed by atoms with Crippen molar-refractivity contribution in [2.45, 2.75) is 13.1 Å². The summed E-state index contributed by atoms with van der Waals surface area (Å²) in [6.07, 6.45) is 3.68. The Bertz CT molecular complexity index is 906. The Hall–Kier alpha value is -3.28. The van der Waals surface area contributed by atoms with Crippen LogP contribution in [-0.4, -0.2) is 28.9 Å². The summed E-state index contributed by atoms with van der Waals surface area (Å²) in [7, 11) is 0. The van der Waals surface area contributed by atoms with E-state index in [0.717, 1.165) is 11.1 Å². The average Bonchev–Trinajstić information content (AvgIpc) is 3.20. The second-order valence-electron chi connectivity index (χ2n) is 6.01. The molecule has 1 amide bonds. The smallest absolute Gasteiger partial charge is 0.251 e. The van der Waals surface area contributed by atoms with Crippen LogP contribution in [0.1, 0.15) is 21.5 Å². The summed E-state index contributed by atoms with van der Waals surface area (Å²) < 4.78 is 12.9. The zero-order valence-corrected chi connectivity index (χ0v) is 14.2. The van der Waals surface area contributed by atoms with Crippen LogP contribution in [0.25, 0.3) is 0 Å². The van der Waals surface area contributed by atoms with E-state index >= 15 is 0 Å². The van der Waals surface area contributed by atoms with Crippen LogP contribution in [0.3, 0.4) is 0 Å². The lowest BCUT2D eigenvalue weighted by molar-refractivity contribution is 0.0949. The molecule has 0 bridgehead atoms. The first-order chi connectivity index (χ1) is 12.8. The minimum atomic E-state index is -0.143. The molecule has 1 aromatic heterocycles. The predicted octanol–water partition coefficient (Wildman–Crippen LogP) is 2.63. The molecule has 2 aromatic carbocycles. The Labute approximate surface area is 151 Å². The quantitative estimate of drug-likeness (QED) is 0.769. The van der Waals surface area contributed by atoms with E-state index in [0.29, 0.717) is 43.4 Å². The molecule has 132 valence electrons. The highest BCUT2D eigenvalue weighted by molar-refractivity contribution is 5.94. The van der Waals surface area contributed by atoms with Gasteiger partial charge in [0, 0.05) is 24.5 Å². The molecule has 26 heavy (non-hydrogen) atoms. The van der Waals surface area contributed by atoms with Gasteiger partial charge in [0.1, 0.15) is 13.2 Å². The summed E-state index contributed by atoms with van der Waals surface area (Å²) in [5.74, 6) is 1.15. The van der Waals surface area contributed by atoms with Gasteiger partial charge in [-0.2, -0.15) is 5.10 Å². The van der Waals surface area contributed by atoms with Gasteiger partial charge in [0.25, 0.3) is 5.91 Å². The average molecular weight is 349 g/mol. The molecule has 6 nitrogen and oxygen atoms in total. The van der Waals surface area contributed by atoms with Gasteiger partial charge in [-0.1, -0.05) is 24.3 Å². The Balaban J connectivity index is 1.45. The molecule has 0 aliphatic carbocycles. The zero-order chi connectivity index (χ0) is 17.8. The van der Waals surface area contributed by atoms with Crippen LogP contribution >= 0.6 is 0 Å². The fourth-order valence-corrected chi connectivity index (χ4v) is 2.91. The second-order valence-corrected chi connectivity index (χ2v) is 6.01. The third-order valence-corrected chi connectivity index (χ3v) is 4.25. The van der Waals surface area contributed by atoms with E-state index in [4.69, 9.17) is 9.47 Å². The molecule has 3 aromatic rings. The number of fused-ring (bicyclic) bond motifs is 1. The largest absolute Gasteiger partial charge is 0.486 e. The first-order valence-corrected chi connectivity index (χ1v) is 8.52. The zero-order valence-electron chi connectivity index (χ0n) is 14.2. The van der Waals surface area contributed by atoms with Gasteiger partial charge in [-0.25, -0.2) is 0 Å². The summed E-state index contributed by atoms with van der Waals surface area (Å²) in [4.78, 5) is 12.5. The molecule has 0 spiro atoms. The Morgan fingerprint density at radius 3 is 2.65 bits per heavy atom. The molecule has 0 fully saturated rings. The van der Waals surface area contributed by atoms with Crippen LogP contribution in [0.2, 0.25) is 0 Å². The van der Waals surface area contributed by atoms with E-state index in [2.05, 4.69) is 10.4 Å². The standard InChI is InChI=1S/C20H19N3O3/c24-20(15-6-7-18-19(12-15)26-11-10-25-18)21-13-16-4-1-2-5-17(16)14-23-9-3-8-22-23/h1-9,12H,10-11,13-14H2,(H,21,24). The number of carbonyl (C=O) groups excluding carboxylic acids is 1. The number of aromatic nitrogens is 2. The number of nitrogens with one attached hydrogen (secondary N) is 1. The number of nitrogens with zero attached hydrogens (tertiary/aromatic N) is 2. The number of benzene rings is 2. The van der Waals surface area contributed by atoms with Crippen LogP contribution in [0.15, 0.2) is 60.9 Å². The SMILES string of the molecule is O=C(NCc1ccccc1Cn1cccn1)c1ccc2c(c1)OCCO2. The van der Waals surface area contributed by atoms with E-state index in [1.165, 1.54) is 0 Å². The van der Waals surface area contributed by atoms with Crippen LogP contribution in [0.5, 0.6) is 11.5 Å². The molecule has 0 saturated carbocycles. The van der Waals surface area contributed by atoms with Crippen molar-refractivity contribution in [2.24, 2.45) is 0 Å². The molecule has 0 radical (unpaired) electrons. The molecule has 0 unspecified atom stereocenters. The molecular formula is C20H19N3O3. The van der Waals surface area contributed by atoms with Crippen LogP contribution in [0, 0.1) is 0 Å². The molecule has 2 heterocycles. The maximum Gasteiger partial charge on any atom is 0.251 e. The van der Waals surface area contributed by atoms with Gasteiger partial charge >= 0.3 is 0 Å². The summed E-state index contributed by atoms with van der Waals surface area (Å²) in [5, 5.41) is 7.22. The van der Waals surface area contributed by atoms with Crippen molar-refractivity contribution >= 4 is 5.91 Å². The fourth-order valence-electron chi connectivity index (χ4n) is 2.91. The number of ether oxygens (including phenoxy) is 2. The summed E-state index contributed by atoms with van der Waals surface area (Å²) in [6, 6.07) is 15.2. The number of hydrogen-bond donors (Lipinski definition) is 1. The topological polar surface area (TPSA) is 65.4 Å². The molecule has 0 atom stereocenters. The lowest BCUT2D eigenvalue weighted by atomic mass is 10.1. The molecule has 4 rings (SSSR count). The number of rotatable bonds is 5. The van der Waals surface area contributed by atoms with E-state index in [1.54, 1.807) is 24.4 Å². The Morgan fingerprint density at radius 2 is 1.85 bits per heavy atom. The molecule has 6 heteroatoms. The predicted molar refractivity (Wildman–Crippen MR) is 96.4 cm³/mol. The Kier molecular flexibility index (Phi) is 4.55. The van der Waals surface area contributed by atoms with Crippen molar-refractivity contribution in [3.05, 3.63) is 77.6 Å². The van der Waals surface area contributed by atoms with Gasteiger partial charge in [0.15, 0.2) is 11.5 Å². The normalized spacial score (nSPS) is 12.6. The first kappa shape index (κ1) is 16.2. The maximum atomic E-state index is 12.5. The van der Waals surface area contributed by atoms with Crippen LogP contribution in [-0.2, 0) is 13.1 Å². The number of hydrogen-bond acceptors (Lipinski definition) is 4. The third-order valence-electron chi connectivity index (χ3n) is 4.25. The highest BCUT2D eigenvalue weighted by atomic mass is 16.6. The van der Waals surface area contributed by atoms with Crippen molar-refractivity contribution in [1.29, 1.82) is 0 Å². The number of amides is 1. The van der Waals surface area contributed by atoms with Crippen molar-refractivity contribution in [3.63, 3.8) is 0 Å². The lowest BCUT2D eigenvalue weighted by Crippen LogP contribution is -2.24. The molecular weight excluding hydrogens is 330 g/mol. The van der Waals surface area contributed by atoms with E-state index < -0.39 is 0 Å². The second kappa shape index (κ2) is 7.31. The van der Waals surface area contributed by atoms with Gasteiger partial charge < -0.3 is 14.8 Å². The minimum Gasteiger partial charge on any atom is -0.486 e. The van der Waals surface area contributed by atoms with E-state index in [-0.39, 0.29) is 5.91 Å². The summed E-state index contributed by atoms with van der Waals surface area (Å²) >= 11 is 0. The molecule has 1 N–H and O–H groups in total. The first-order valence-electron chi connectivity index (χ1n) is 8.52. The molecule has 1 aliphatic heterocycles. The van der Waals surface area contributed by atoms with Crippen LogP contribution < -0.4 is 14.8 Å². The minimum absolute atomic E-state index is 0.143. The van der Waals surface area contributed by atoms with E-state index in [1.807, 2.05) is 41.2 Å². The highest BCUT2D eigenvalue weighted by Crippen LogP contribution is 2.30. The fraction of sp³-hybridized carbons (Fsp3) is 0.200. The van der Waals surface area contributed by atoms with Crippen molar-refractivity contribution < 1.29 is 14.3 Å². The third kappa shape index (κ3) is 3.54. The van der Waals surface area contributed by atoms with Crippen molar-refractivity contribution in [2.75, 3.05) is 13.2 Å². The highest BCUT2D eigenvalue weighted by Gasteiger charge is 2.15. The van der Waals surface area contributed by atoms with Gasteiger partial charge in [0.2, 0.25) is 0 Å². The van der Waals surface area contributed by atoms with Crippen molar-refractivity contribution in [1.82, 2.24) is 15.1 Å². The van der Waals surface area contributed by atoms with Gasteiger partial charge in [-0.3, -0.25) is 9.48 Å². The van der Waals surface area contributed by atoms with Crippen molar-refractivity contribution in [3.8, 4) is 11.5 Å². The molecule has 0 saturated heterocycles. The van der Waals surface area contributed by atoms with E-state index in [9.17, 15) is 4.79 Å². The molecule has 1 aliphatic rings. The lowest BCUT2D eigenvalue weighted by Gasteiger charge is -2.18. The Morgan fingerprint density at radius 1 is 1.04 bits per heavy atom. The monoisotopic (exact) mass is 349 g/mol. The number of carbonyl (C=O) groups is 1. The van der Waals surface area contributed by atoms with Crippen LogP contribution in [0.4, 0.5) is 0 Å². The summed E-state index contributed by atoms with van der Waals surface area (Å²) in [6.45, 7) is 2.15. The van der Waals surface area contributed by atoms with Gasteiger partial charge in [-0.05, 0) is 35.4 Å². The van der Waals surface area contributed by atoms with Gasteiger partial charge in [-0.15, -0.1) is 0 Å². The van der Waals surface area contributed by atoms with Gasteiger partial charge in [0.05, 0.1) is 6.54 Å². The maximum absolute atomic E-state index is 12.5.